The van der Waals surface area contributed by atoms with Gasteiger partial charge in [0.15, 0.2) is 0 Å². The van der Waals surface area contributed by atoms with Crippen LogP contribution >= 0.6 is 11.6 Å². The zero-order valence-corrected chi connectivity index (χ0v) is 8.73. The first-order valence-corrected chi connectivity index (χ1v) is 5.08. The predicted molar refractivity (Wildman–Crippen MR) is 55.9 cm³/mol. The van der Waals surface area contributed by atoms with Gasteiger partial charge < -0.3 is 5.32 Å². The van der Waals surface area contributed by atoms with Crippen LogP contribution in [0.4, 0.5) is 0 Å². The molecule has 1 N–H and O–H groups in total. The average Bonchev–Trinajstić information content (AvgIpc) is 2.46. The van der Waals surface area contributed by atoms with Crippen LogP contribution in [-0.4, -0.2) is 0 Å². The standard InChI is InChI=1S/C11H14ClN/c1-7(2)11-10-5-9(12)4-3-8(10)6-13-11/h3-5,7,11,13H,6H2,1-2H3. The number of fused-ring (bicyclic) bond motifs is 1. The fraction of sp³-hybridized carbons (Fsp3) is 0.455. The largest absolute Gasteiger partial charge is 0.306 e. The van der Waals surface area contributed by atoms with Gasteiger partial charge in [-0.25, -0.2) is 0 Å². The van der Waals surface area contributed by atoms with Crippen molar-refractivity contribution in [3.05, 3.63) is 34.3 Å². The molecule has 1 atom stereocenters. The molecule has 70 valence electrons. The maximum Gasteiger partial charge on any atom is 0.0409 e. The Morgan fingerprint density at radius 2 is 2.23 bits per heavy atom. The summed E-state index contributed by atoms with van der Waals surface area (Å²) in [5, 5.41) is 4.33. The van der Waals surface area contributed by atoms with E-state index in [0.717, 1.165) is 11.6 Å². The zero-order valence-electron chi connectivity index (χ0n) is 7.97. The summed E-state index contributed by atoms with van der Waals surface area (Å²) >= 11 is 5.97. The second kappa shape index (κ2) is 3.32. The lowest BCUT2D eigenvalue weighted by Gasteiger charge is -2.16. The van der Waals surface area contributed by atoms with E-state index in [4.69, 9.17) is 11.6 Å². The minimum absolute atomic E-state index is 0.480. The van der Waals surface area contributed by atoms with Crippen molar-refractivity contribution in [3.8, 4) is 0 Å². The van der Waals surface area contributed by atoms with E-state index in [9.17, 15) is 0 Å². The Kier molecular flexibility index (Phi) is 2.31. The lowest BCUT2D eigenvalue weighted by molar-refractivity contribution is 0.442. The Balaban J connectivity index is 2.40. The summed E-state index contributed by atoms with van der Waals surface area (Å²) in [4.78, 5) is 0. The summed E-state index contributed by atoms with van der Waals surface area (Å²) in [5.41, 5.74) is 2.77. The van der Waals surface area contributed by atoms with Crippen LogP contribution in [0.1, 0.15) is 31.0 Å². The van der Waals surface area contributed by atoms with Gasteiger partial charge in [-0.1, -0.05) is 31.5 Å². The van der Waals surface area contributed by atoms with Crippen molar-refractivity contribution < 1.29 is 0 Å². The molecule has 0 fully saturated rings. The molecule has 0 saturated carbocycles. The highest BCUT2D eigenvalue weighted by Crippen LogP contribution is 2.32. The van der Waals surface area contributed by atoms with Crippen molar-refractivity contribution >= 4 is 11.6 Å². The molecule has 0 aromatic heterocycles. The highest BCUT2D eigenvalue weighted by atomic mass is 35.5. The average molecular weight is 196 g/mol. The lowest BCUT2D eigenvalue weighted by Crippen LogP contribution is -2.17. The molecule has 1 aliphatic heterocycles. The molecule has 0 saturated heterocycles. The first kappa shape index (κ1) is 9.04. The number of benzene rings is 1. The minimum Gasteiger partial charge on any atom is -0.306 e. The van der Waals surface area contributed by atoms with Crippen LogP contribution in [0.15, 0.2) is 18.2 Å². The van der Waals surface area contributed by atoms with Crippen molar-refractivity contribution in [1.82, 2.24) is 5.32 Å². The maximum absolute atomic E-state index is 5.97. The molecule has 1 heterocycles. The maximum atomic E-state index is 5.97. The second-order valence-electron chi connectivity index (χ2n) is 3.95. The lowest BCUT2D eigenvalue weighted by atomic mass is 9.96. The summed E-state index contributed by atoms with van der Waals surface area (Å²) in [5.74, 6) is 0.625. The van der Waals surface area contributed by atoms with Crippen molar-refractivity contribution in [1.29, 1.82) is 0 Å². The molecule has 0 amide bonds. The first-order valence-electron chi connectivity index (χ1n) is 4.70. The molecule has 1 nitrogen and oxygen atoms in total. The smallest absolute Gasteiger partial charge is 0.0409 e. The third-order valence-electron chi connectivity index (χ3n) is 2.62. The molecular formula is C11H14ClN. The van der Waals surface area contributed by atoms with E-state index in [1.165, 1.54) is 11.1 Å². The van der Waals surface area contributed by atoms with Crippen LogP contribution < -0.4 is 5.32 Å². The van der Waals surface area contributed by atoms with E-state index in [1.54, 1.807) is 0 Å². The SMILES string of the molecule is CC(C)C1NCc2ccc(Cl)cc21. The van der Waals surface area contributed by atoms with Crippen molar-refractivity contribution in [2.24, 2.45) is 5.92 Å². The molecule has 1 aromatic carbocycles. The van der Waals surface area contributed by atoms with Crippen molar-refractivity contribution in [2.75, 3.05) is 0 Å². The van der Waals surface area contributed by atoms with Crippen LogP contribution in [0.3, 0.4) is 0 Å². The molecule has 13 heavy (non-hydrogen) atoms. The van der Waals surface area contributed by atoms with E-state index in [1.807, 2.05) is 6.07 Å². The quantitative estimate of drug-likeness (QED) is 0.726. The van der Waals surface area contributed by atoms with Crippen molar-refractivity contribution in [3.63, 3.8) is 0 Å². The number of hydrogen-bond donors (Lipinski definition) is 1. The number of nitrogens with one attached hydrogen (secondary N) is 1. The first-order chi connectivity index (χ1) is 6.18. The van der Waals surface area contributed by atoms with Gasteiger partial charge in [-0.3, -0.25) is 0 Å². The van der Waals surface area contributed by atoms with Crippen molar-refractivity contribution in [2.45, 2.75) is 26.4 Å². The van der Waals surface area contributed by atoms with Gasteiger partial charge in [0.1, 0.15) is 0 Å². The van der Waals surface area contributed by atoms with Gasteiger partial charge in [0.2, 0.25) is 0 Å². The Hall–Kier alpha value is -0.530. The summed E-state index contributed by atoms with van der Waals surface area (Å²) < 4.78 is 0. The molecular weight excluding hydrogens is 182 g/mol. The Labute approximate surface area is 84.1 Å². The third kappa shape index (κ3) is 1.59. The van der Waals surface area contributed by atoms with E-state index in [-0.39, 0.29) is 0 Å². The summed E-state index contributed by atoms with van der Waals surface area (Å²) in [7, 11) is 0. The van der Waals surface area contributed by atoms with Gasteiger partial charge >= 0.3 is 0 Å². The van der Waals surface area contributed by atoms with Crippen LogP contribution in [0, 0.1) is 5.92 Å². The van der Waals surface area contributed by atoms with Crippen LogP contribution in [0.5, 0.6) is 0 Å². The van der Waals surface area contributed by atoms with Crippen LogP contribution in [0.25, 0.3) is 0 Å². The Bertz CT molecular complexity index is 320. The predicted octanol–water partition coefficient (Wildman–Crippen LogP) is 3.14. The van der Waals surface area contributed by atoms with E-state index in [0.29, 0.717) is 12.0 Å². The van der Waals surface area contributed by atoms with Gasteiger partial charge in [0.25, 0.3) is 0 Å². The normalized spacial score (nSPS) is 20.8. The third-order valence-corrected chi connectivity index (χ3v) is 2.86. The molecule has 0 aliphatic carbocycles. The highest BCUT2D eigenvalue weighted by molar-refractivity contribution is 6.30. The fourth-order valence-corrected chi connectivity index (χ4v) is 2.12. The van der Waals surface area contributed by atoms with E-state index < -0.39 is 0 Å². The summed E-state index contributed by atoms with van der Waals surface area (Å²) in [6, 6.07) is 6.65. The fourth-order valence-electron chi connectivity index (χ4n) is 1.94. The summed E-state index contributed by atoms with van der Waals surface area (Å²) in [6.07, 6.45) is 0. The number of hydrogen-bond acceptors (Lipinski definition) is 1. The molecule has 0 bridgehead atoms. The van der Waals surface area contributed by atoms with Gasteiger partial charge in [-0.2, -0.15) is 0 Å². The molecule has 1 unspecified atom stereocenters. The molecule has 2 rings (SSSR count). The topological polar surface area (TPSA) is 12.0 Å². The van der Waals surface area contributed by atoms with Gasteiger partial charge in [-0.15, -0.1) is 0 Å². The minimum atomic E-state index is 0.480. The number of rotatable bonds is 1. The summed E-state index contributed by atoms with van der Waals surface area (Å²) in [6.45, 7) is 5.44. The molecule has 0 radical (unpaired) electrons. The molecule has 0 spiro atoms. The van der Waals surface area contributed by atoms with E-state index in [2.05, 4.69) is 31.3 Å². The Morgan fingerprint density at radius 1 is 1.46 bits per heavy atom. The molecule has 2 heteroatoms. The highest BCUT2D eigenvalue weighted by Gasteiger charge is 2.24. The van der Waals surface area contributed by atoms with Gasteiger partial charge in [0, 0.05) is 17.6 Å². The monoisotopic (exact) mass is 195 g/mol. The second-order valence-corrected chi connectivity index (χ2v) is 4.38. The van der Waals surface area contributed by atoms with Gasteiger partial charge in [0.05, 0.1) is 0 Å². The van der Waals surface area contributed by atoms with Crippen LogP contribution in [0.2, 0.25) is 5.02 Å². The Morgan fingerprint density at radius 3 is 2.92 bits per heavy atom. The molecule has 1 aliphatic rings. The van der Waals surface area contributed by atoms with E-state index >= 15 is 0 Å². The zero-order chi connectivity index (χ0) is 9.42. The van der Waals surface area contributed by atoms with Crippen LogP contribution in [-0.2, 0) is 6.54 Å². The van der Waals surface area contributed by atoms with Gasteiger partial charge in [-0.05, 0) is 29.2 Å². The molecule has 1 aromatic rings. The number of halogens is 1.